The molecule has 130 valence electrons. The first-order valence-corrected chi connectivity index (χ1v) is 8.03. The molecule has 0 fully saturated rings. The number of fused-ring (bicyclic) bond motifs is 1. The molecule has 1 aromatic carbocycles. The molecule has 0 aliphatic rings. The van der Waals surface area contributed by atoms with E-state index in [4.69, 9.17) is 4.74 Å². The Morgan fingerprint density at radius 1 is 1.28 bits per heavy atom. The quantitative estimate of drug-likeness (QED) is 0.653. The lowest BCUT2D eigenvalue weighted by Crippen LogP contribution is -2.29. The normalized spacial score (nSPS) is 12.3. The lowest BCUT2D eigenvalue weighted by Gasteiger charge is -2.12. The lowest BCUT2D eigenvalue weighted by atomic mass is 10.1. The second-order valence-electron chi connectivity index (χ2n) is 5.79. The van der Waals surface area contributed by atoms with E-state index in [1.165, 1.54) is 16.5 Å². The molecule has 3 rings (SSSR count). The van der Waals surface area contributed by atoms with Crippen molar-refractivity contribution in [2.75, 3.05) is 6.61 Å². The standard InChI is InChI=1S/C17H19N5O3/c1-4-25-17(24)12(3)21-10-18-15-14(16(21)23)19-20-22(15)9-13-7-5-11(2)6-8-13/h5-8,10,12H,4,9H2,1-3H3/t12-/m0/s1. The first-order valence-electron chi connectivity index (χ1n) is 8.03. The first kappa shape index (κ1) is 16.8. The molecular formula is C17H19N5O3. The van der Waals surface area contributed by atoms with E-state index in [-0.39, 0.29) is 12.1 Å². The van der Waals surface area contributed by atoms with Crippen molar-refractivity contribution in [2.24, 2.45) is 0 Å². The van der Waals surface area contributed by atoms with Crippen LogP contribution in [0.25, 0.3) is 11.2 Å². The second kappa shape index (κ2) is 6.84. The molecule has 0 aliphatic heterocycles. The van der Waals surface area contributed by atoms with E-state index in [1.54, 1.807) is 18.5 Å². The van der Waals surface area contributed by atoms with Gasteiger partial charge in [0, 0.05) is 0 Å². The van der Waals surface area contributed by atoms with Crippen molar-refractivity contribution >= 4 is 17.1 Å². The van der Waals surface area contributed by atoms with Crippen LogP contribution < -0.4 is 5.56 Å². The average Bonchev–Trinajstić information content (AvgIpc) is 3.01. The Labute approximate surface area is 144 Å². The van der Waals surface area contributed by atoms with Gasteiger partial charge in [-0.05, 0) is 26.3 Å². The maximum absolute atomic E-state index is 12.6. The van der Waals surface area contributed by atoms with Crippen LogP contribution in [0, 0.1) is 6.92 Å². The maximum Gasteiger partial charge on any atom is 0.328 e. The largest absolute Gasteiger partial charge is 0.464 e. The number of carbonyl (C=O) groups excluding carboxylic acids is 1. The molecule has 3 aromatic rings. The molecule has 1 atom stereocenters. The van der Waals surface area contributed by atoms with E-state index < -0.39 is 17.6 Å². The van der Waals surface area contributed by atoms with Gasteiger partial charge in [0.25, 0.3) is 5.56 Å². The second-order valence-corrected chi connectivity index (χ2v) is 5.79. The molecule has 0 saturated carbocycles. The molecule has 8 nitrogen and oxygen atoms in total. The van der Waals surface area contributed by atoms with Crippen molar-refractivity contribution in [1.29, 1.82) is 0 Å². The molecule has 0 aliphatic carbocycles. The van der Waals surface area contributed by atoms with E-state index in [0.717, 1.165) is 5.56 Å². The predicted octanol–water partition coefficient (Wildman–Crippen LogP) is 1.47. The van der Waals surface area contributed by atoms with Crippen molar-refractivity contribution in [3.63, 3.8) is 0 Å². The number of nitrogens with zero attached hydrogens (tertiary/aromatic N) is 5. The van der Waals surface area contributed by atoms with Gasteiger partial charge in [0.15, 0.2) is 11.2 Å². The van der Waals surface area contributed by atoms with Gasteiger partial charge in [-0.2, -0.15) is 0 Å². The molecule has 0 bridgehead atoms. The topological polar surface area (TPSA) is 91.9 Å². The van der Waals surface area contributed by atoms with Crippen molar-refractivity contribution in [3.8, 4) is 0 Å². The molecule has 0 N–H and O–H groups in total. The Kier molecular flexibility index (Phi) is 4.60. The summed E-state index contributed by atoms with van der Waals surface area (Å²) in [4.78, 5) is 28.7. The summed E-state index contributed by atoms with van der Waals surface area (Å²) < 4.78 is 7.74. The van der Waals surface area contributed by atoms with Gasteiger partial charge in [-0.15, -0.1) is 5.10 Å². The van der Waals surface area contributed by atoms with Gasteiger partial charge in [0.1, 0.15) is 12.4 Å². The number of rotatable bonds is 5. The summed E-state index contributed by atoms with van der Waals surface area (Å²) in [6.07, 6.45) is 1.33. The third-order valence-corrected chi connectivity index (χ3v) is 3.95. The van der Waals surface area contributed by atoms with Crippen LogP contribution in [0.15, 0.2) is 35.4 Å². The summed E-state index contributed by atoms with van der Waals surface area (Å²) in [6, 6.07) is 7.23. The number of hydrogen-bond donors (Lipinski definition) is 0. The molecule has 2 heterocycles. The van der Waals surface area contributed by atoms with Gasteiger partial charge < -0.3 is 4.74 Å². The van der Waals surface area contributed by atoms with Gasteiger partial charge in [0.05, 0.1) is 13.2 Å². The van der Waals surface area contributed by atoms with Crippen molar-refractivity contribution in [1.82, 2.24) is 24.5 Å². The third-order valence-electron chi connectivity index (χ3n) is 3.95. The smallest absolute Gasteiger partial charge is 0.328 e. The Morgan fingerprint density at radius 3 is 2.68 bits per heavy atom. The fraction of sp³-hybridized carbons (Fsp3) is 0.353. The van der Waals surface area contributed by atoms with Gasteiger partial charge in [-0.25, -0.2) is 14.5 Å². The minimum absolute atomic E-state index is 0.130. The van der Waals surface area contributed by atoms with E-state index in [1.807, 2.05) is 31.2 Å². The Bertz CT molecular complexity index is 959. The van der Waals surface area contributed by atoms with Crippen LogP contribution in [-0.4, -0.2) is 37.1 Å². The van der Waals surface area contributed by atoms with Crippen molar-refractivity contribution < 1.29 is 9.53 Å². The van der Waals surface area contributed by atoms with Crippen molar-refractivity contribution in [3.05, 3.63) is 52.1 Å². The van der Waals surface area contributed by atoms with Crippen LogP contribution in [0.2, 0.25) is 0 Å². The molecule has 0 spiro atoms. The lowest BCUT2D eigenvalue weighted by molar-refractivity contribution is -0.146. The number of aromatic nitrogens is 5. The molecular weight excluding hydrogens is 322 g/mol. The number of ether oxygens (including phenoxy) is 1. The van der Waals surface area contributed by atoms with E-state index in [0.29, 0.717) is 12.2 Å². The minimum atomic E-state index is -0.772. The SMILES string of the molecule is CCOC(=O)[C@H](C)n1cnc2c(nnn2Cc2ccc(C)cc2)c1=O. The van der Waals surface area contributed by atoms with Crippen LogP contribution in [0.5, 0.6) is 0 Å². The van der Waals surface area contributed by atoms with Crippen molar-refractivity contribution in [2.45, 2.75) is 33.4 Å². The van der Waals surface area contributed by atoms with Gasteiger partial charge in [0.2, 0.25) is 0 Å². The summed E-state index contributed by atoms with van der Waals surface area (Å²) in [6.45, 7) is 6.03. The number of aryl methyl sites for hydroxylation is 1. The Balaban J connectivity index is 1.95. The monoisotopic (exact) mass is 341 g/mol. The highest BCUT2D eigenvalue weighted by atomic mass is 16.5. The average molecular weight is 341 g/mol. The van der Waals surface area contributed by atoms with E-state index >= 15 is 0 Å². The zero-order valence-corrected chi connectivity index (χ0v) is 14.3. The number of hydrogen-bond acceptors (Lipinski definition) is 6. The van der Waals surface area contributed by atoms with Crippen LogP contribution in [0.3, 0.4) is 0 Å². The maximum atomic E-state index is 12.6. The van der Waals surface area contributed by atoms with Crippen LogP contribution in [0.1, 0.15) is 31.0 Å². The summed E-state index contributed by atoms with van der Waals surface area (Å²) in [5, 5.41) is 7.98. The van der Waals surface area contributed by atoms with E-state index in [9.17, 15) is 9.59 Å². The molecule has 0 amide bonds. The van der Waals surface area contributed by atoms with Gasteiger partial charge >= 0.3 is 5.97 Å². The molecule has 0 saturated heterocycles. The summed E-state index contributed by atoms with van der Waals surface area (Å²) in [5.74, 6) is -0.488. The third kappa shape index (κ3) is 3.28. The van der Waals surface area contributed by atoms with E-state index in [2.05, 4.69) is 15.3 Å². The first-order chi connectivity index (χ1) is 12.0. The van der Waals surface area contributed by atoms with Crippen LogP contribution in [0.4, 0.5) is 0 Å². The number of benzene rings is 1. The molecule has 0 radical (unpaired) electrons. The minimum Gasteiger partial charge on any atom is -0.464 e. The summed E-state index contributed by atoms with van der Waals surface area (Å²) >= 11 is 0. The Morgan fingerprint density at radius 2 is 2.00 bits per heavy atom. The highest BCUT2D eigenvalue weighted by Crippen LogP contribution is 2.11. The van der Waals surface area contributed by atoms with Gasteiger partial charge in [-0.1, -0.05) is 35.0 Å². The number of esters is 1. The summed E-state index contributed by atoms with van der Waals surface area (Å²) in [5.41, 5.74) is 2.30. The fourth-order valence-corrected chi connectivity index (χ4v) is 2.49. The summed E-state index contributed by atoms with van der Waals surface area (Å²) in [7, 11) is 0. The number of carbonyl (C=O) groups is 1. The highest BCUT2D eigenvalue weighted by molar-refractivity contribution is 5.74. The molecule has 0 unspecified atom stereocenters. The zero-order valence-electron chi connectivity index (χ0n) is 14.3. The molecule has 8 heteroatoms. The van der Waals surface area contributed by atoms with Crippen LogP contribution >= 0.6 is 0 Å². The van der Waals surface area contributed by atoms with Crippen LogP contribution in [-0.2, 0) is 16.1 Å². The van der Waals surface area contributed by atoms with Gasteiger partial charge in [-0.3, -0.25) is 9.36 Å². The fourth-order valence-electron chi connectivity index (χ4n) is 2.49. The predicted molar refractivity (Wildman–Crippen MR) is 91.2 cm³/mol. The zero-order chi connectivity index (χ0) is 18.0. The Hall–Kier alpha value is -3.03. The highest BCUT2D eigenvalue weighted by Gasteiger charge is 2.20. The molecule has 2 aromatic heterocycles. The molecule has 25 heavy (non-hydrogen) atoms.